The van der Waals surface area contributed by atoms with Crippen molar-refractivity contribution in [1.29, 1.82) is 0 Å². The Bertz CT molecular complexity index is 1080. The van der Waals surface area contributed by atoms with Gasteiger partial charge in [-0.3, -0.25) is 0 Å². The first kappa shape index (κ1) is 25.4. The Balaban J connectivity index is 1.44. The summed E-state index contributed by atoms with van der Waals surface area (Å²) >= 11 is 6.38. The molecule has 0 spiro atoms. The van der Waals surface area contributed by atoms with E-state index in [0.717, 1.165) is 29.9 Å². The van der Waals surface area contributed by atoms with Gasteiger partial charge in [0.05, 0.1) is 12.3 Å². The maximum absolute atomic E-state index is 6.60. The number of nitrogens with one attached hydrogen (secondary N) is 1. The van der Waals surface area contributed by atoms with E-state index in [-0.39, 0.29) is 34.7 Å². The second kappa shape index (κ2) is 8.95. The van der Waals surface area contributed by atoms with Crippen LogP contribution in [-0.4, -0.2) is 59.7 Å². The molecular weight excluding hydrogens is 484 g/mol. The average Bonchev–Trinajstić information content (AvgIpc) is 3.50. The van der Waals surface area contributed by atoms with Gasteiger partial charge in [-0.05, 0) is 68.6 Å². The van der Waals surface area contributed by atoms with Crippen molar-refractivity contribution in [3.63, 3.8) is 0 Å². The maximum Gasteiger partial charge on any atom is 0.243 e. The van der Waals surface area contributed by atoms with Crippen molar-refractivity contribution in [2.75, 3.05) is 11.9 Å². The minimum Gasteiger partial charge on any atom is -0.414 e. The third-order valence-electron chi connectivity index (χ3n) is 8.07. The maximum atomic E-state index is 6.60. The van der Waals surface area contributed by atoms with Crippen molar-refractivity contribution >= 4 is 31.3 Å². The molecule has 0 amide bonds. The Morgan fingerprint density at radius 2 is 1.86 bits per heavy atom. The number of fused-ring (bicyclic) bond motifs is 2. The topological polar surface area (TPSA) is 79.1 Å². The monoisotopic (exact) mass is 522 g/mol. The van der Waals surface area contributed by atoms with Crippen LogP contribution in [-0.2, 0) is 18.6 Å². The molecule has 194 valence electrons. The minimum absolute atomic E-state index is 0.116. The number of hydrogen-bond acceptors (Lipinski definition) is 7. The molecule has 1 unspecified atom stereocenters. The Labute approximate surface area is 214 Å². The summed E-state index contributed by atoms with van der Waals surface area (Å²) in [4.78, 5) is 4.50. The highest BCUT2D eigenvalue weighted by atomic mass is 35.5. The fraction of sp³-hybridized carbons (Fsp3) is 0.760. The van der Waals surface area contributed by atoms with E-state index in [1.54, 1.807) is 0 Å². The normalized spacial score (nSPS) is 29.3. The number of ether oxygens (including phenoxy) is 3. The zero-order valence-corrected chi connectivity index (χ0v) is 23.7. The van der Waals surface area contributed by atoms with Gasteiger partial charge in [0.25, 0.3) is 0 Å². The predicted octanol–water partition coefficient (Wildman–Crippen LogP) is 5.72. The van der Waals surface area contributed by atoms with Crippen LogP contribution >= 0.6 is 11.6 Å². The van der Waals surface area contributed by atoms with Crippen molar-refractivity contribution in [3.05, 3.63) is 23.1 Å². The number of nitrogens with zero attached hydrogens (tertiary/aromatic N) is 3. The van der Waals surface area contributed by atoms with Gasteiger partial charge >= 0.3 is 0 Å². The van der Waals surface area contributed by atoms with Crippen LogP contribution in [0.1, 0.15) is 72.1 Å². The summed E-state index contributed by atoms with van der Waals surface area (Å²) in [5.41, 5.74) is 1.76. The lowest BCUT2D eigenvalue weighted by Crippen LogP contribution is -2.44. The second-order valence-corrected chi connectivity index (χ2v) is 17.3. The lowest BCUT2D eigenvalue weighted by atomic mass is 10.1. The Morgan fingerprint density at radius 1 is 1.17 bits per heavy atom. The molecule has 4 heterocycles. The molecule has 3 aliphatic rings. The Morgan fingerprint density at radius 3 is 2.54 bits per heavy atom. The van der Waals surface area contributed by atoms with Gasteiger partial charge in [-0.2, -0.15) is 4.98 Å². The standard InChI is InChI=1S/C25H39ClN4O4Si/c1-24(2,3)35(6,7)31-14-18-20-21(34-25(4,5)33-20)19(32-18)16-12-13-17-22(27-15-10-8-9-11-15)28-23(26)29-30(16)17/h12-13,15,18-21H,8-11,14H2,1-7H3,(H,27,28,29)/t18-,19?,20-,21+/m1/s1. The summed E-state index contributed by atoms with van der Waals surface area (Å²) in [6.07, 6.45) is 3.68. The number of rotatable bonds is 6. The summed E-state index contributed by atoms with van der Waals surface area (Å²) in [5.74, 6) is 0.0704. The zero-order valence-electron chi connectivity index (χ0n) is 21.9. The molecule has 1 N–H and O–H groups in total. The molecule has 0 aromatic carbocycles. The molecule has 2 aromatic rings. The second-order valence-electron chi connectivity index (χ2n) is 12.1. The minimum atomic E-state index is -1.94. The molecule has 3 fully saturated rings. The first-order chi connectivity index (χ1) is 16.3. The lowest BCUT2D eigenvalue weighted by molar-refractivity contribution is -0.191. The van der Waals surface area contributed by atoms with Gasteiger partial charge in [0, 0.05) is 6.04 Å². The fourth-order valence-corrected chi connectivity index (χ4v) is 6.31. The molecule has 4 atom stereocenters. The quantitative estimate of drug-likeness (QED) is 0.486. The van der Waals surface area contributed by atoms with Crippen LogP contribution in [0.25, 0.3) is 5.52 Å². The van der Waals surface area contributed by atoms with Gasteiger partial charge in [-0.15, -0.1) is 5.10 Å². The highest BCUT2D eigenvalue weighted by Gasteiger charge is 2.56. The van der Waals surface area contributed by atoms with E-state index in [1.165, 1.54) is 12.8 Å². The SMILES string of the molecule is CC1(C)O[C@@H]2[C@@H](CO[Si](C)(C)C(C)(C)C)OC(c3ccc4c(NC5CCCC5)nc(Cl)nn34)[C@@H]2O1. The van der Waals surface area contributed by atoms with Gasteiger partial charge in [0.2, 0.25) is 5.28 Å². The van der Waals surface area contributed by atoms with E-state index in [0.29, 0.717) is 12.6 Å². The largest absolute Gasteiger partial charge is 0.414 e. The Hall–Kier alpha value is -1.23. The van der Waals surface area contributed by atoms with Crippen LogP contribution in [0.15, 0.2) is 12.1 Å². The number of hydrogen-bond donors (Lipinski definition) is 1. The lowest BCUT2D eigenvalue weighted by Gasteiger charge is -2.37. The van der Waals surface area contributed by atoms with Gasteiger partial charge in [-0.1, -0.05) is 33.6 Å². The number of aromatic nitrogens is 3. The summed E-state index contributed by atoms with van der Waals surface area (Å²) < 4.78 is 27.7. The summed E-state index contributed by atoms with van der Waals surface area (Å²) in [5, 5.41) is 8.43. The predicted molar refractivity (Wildman–Crippen MR) is 138 cm³/mol. The van der Waals surface area contributed by atoms with Gasteiger partial charge < -0.3 is 24.0 Å². The fourth-order valence-electron chi connectivity index (χ4n) is 5.14. The van der Waals surface area contributed by atoms with Gasteiger partial charge in [0.15, 0.2) is 19.9 Å². The van der Waals surface area contributed by atoms with Crippen LogP contribution in [0.5, 0.6) is 0 Å². The highest BCUT2D eigenvalue weighted by molar-refractivity contribution is 6.74. The van der Waals surface area contributed by atoms with Gasteiger partial charge in [-0.25, -0.2) is 4.52 Å². The van der Waals surface area contributed by atoms with E-state index in [1.807, 2.05) is 30.5 Å². The molecule has 1 saturated carbocycles. The Kier molecular flexibility index (Phi) is 6.50. The van der Waals surface area contributed by atoms with E-state index in [2.05, 4.69) is 49.3 Å². The van der Waals surface area contributed by atoms with E-state index >= 15 is 0 Å². The van der Waals surface area contributed by atoms with E-state index in [4.69, 9.17) is 30.2 Å². The van der Waals surface area contributed by atoms with Crippen LogP contribution in [0.3, 0.4) is 0 Å². The molecule has 1 aliphatic carbocycles. The smallest absolute Gasteiger partial charge is 0.243 e. The number of halogens is 1. The third kappa shape index (κ3) is 4.87. The summed E-state index contributed by atoms with van der Waals surface area (Å²) in [6, 6.07) is 4.48. The van der Waals surface area contributed by atoms with Crippen molar-refractivity contribution in [1.82, 2.24) is 14.6 Å². The summed E-state index contributed by atoms with van der Waals surface area (Å²) in [7, 11) is -1.94. The van der Waals surface area contributed by atoms with E-state index < -0.39 is 14.1 Å². The first-order valence-electron chi connectivity index (χ1n) is 12.8. The number of anilines is 1. The van der Waals surface area contributed by atoms with Crippen LogP contribution in [0.4, 0.5) is 5.82 Å². The van der Waals surface area contributed by atoms with Crippen molar-refractivity contribution in [2.45, 2.75) is 115 Å². The molecule has 35 heavy (non-hydrogen) atoms. The molecule has 8 nitrogen and oxygen atoms in total. The van der Waals surface area contributed by atoms with Gasteiger partial charge in [0.1, 0.15) is 29.9 Å². The molecule has 0 bridgehead atoms. The van der Waals surface area contributed by atoms with Crippen LogP contribution in [0.2, 0.25) is 23.4 Å². The molecule has 2 aromatic heterocycles. The first-order valence-corrected chi connectivity index (χ1v) is 16.1. The molecular formula is C25H39ClN4O4Si. The van der Waals surface area contributed by atoms with Crippen molar-refractivity contribution in [3.8, 4) is 0 Å². The highest BCUT2D eigenvalue weighted by Crippen LogP contribution is 2.46. The zero-order chi connectivity index (χ0) is 25.2. The molecule has 2 saturated heterocycles. The average molecular weight is 523 g/mol. The molecule has 0 radical (unpaired) electrons. The van der Waals surface area contributed by atoms with Crippen LogP contribution in [0, 0.1) is 0 Å². The summed E-state index contributed by atoms with van der Waals surface area (Å²) in [6.45, 7) is 15.6. The van der Waals surface area contributed by atoms with Crippen LogP contribution < -0.4 is 5.32 Å². The van der Waals surface area contributed by atoms with E-state index in [9.17, 15) is 0 Å². The molecule has 10 heteroatoms. The third-order valence-corrected chi connectivity index (χ3v) is 12.7. The van der Waals surface area contributed by atoms with Crippen molar-refractivity contribution < 1.29 is 18.6 Å². The molecule has 5 rings (SSSR count). The molecule has 2 aliphatic heterocycles. The van der Waals surface area contributed by atoms with Crippen molar-refractivity contribution in [2.24, 2.45) is 0 Å².